The van der Waals surface area contributed by atoms with Gasteiger partial charge in [0.05, 0.1) is 17.9 Å². The summed E-state index contributed by atoms with van der Waals surface area (Å²) in [5.74, 6) is -0.301. The molecule has 0 fully saturated rings. The molecule has 2 unspecified atom stereocenters. The molecule has 1 amide bonds. The lowest BCUT2D eigenvalue weighted by molar-refractivity contribution is -0.110. The first-order valence-electron chi connectivity index (χ1n) is 5.60. The van der Waals surface area contributed by atoms with Gasteiger partial charge in [-0.25, -0.2) is 0 Å². The second-order valence-corrected chi connectivity index (χ2v) is 4.09. The van der Waals surface area contributed by atoms with Gasteiger partial charge in [0.25, 0.3) is 0 Å². The molecule has 1 radical (unpaired) electrons. The van der Waals surface area contributed by atoms with Crippen molar-refractivity contribution in [3.63, 3.8) is 0 Å². The fraction of sp³-hybridized carbons (Fsp3) is 0.833. The zero-order valence-corrected chi connectivity index (χ0v) is 11.2. The van der Waals surface area contributed by atoms with E-state index in [4.69, 9.17) is 9.47 Å². The standard InChI is InChI=1S/C11H21BNO4.CH4/c1-8(16-4)6-13(7-9(2)17-5)11(15)12-10(3)14;/h8-9H,6-7H2,1-5H3;1H4. The van der Waals surface area contributed by atoms with Gasteiger partial charge >= 0.3 is 7.28 Å². The van der Waals surface area contributed by atoms with Crippen LogP contribution in [-0.4, -0.2) is 63.2 Å². The lowest BCUT2D eigenvalue weighted by Crippen LogP contribution is -2.44. The van der Waals surface area contributed by atoms with Crippen LogP contribution in [0.5, 0.6) is 0 Å². The average Bonchev–Trinajstić information content (AvgIpc) is 2.26. The largest absolute Gasteiger partial charge is 0.380 e. The summed E-state index contributed by atoms with van der Waals surface area (Å²) in [4.78, 5) is 24.3. The Labute approximate surface area is 111 Å². The quantitative estimate of drug-likeness (QED) is 0.617. The van der Waals surface area contributed by atoms with Crippen molar-refractivity contribution < 1.29 is 19.1 Å². The van der Waals surface area contributed by atoms with Crippen molar-refractivity contribution in [2.24, 2.45) is 0 Å². The molecule has 2 atom stereocenters. The van der Waals surface area contributed by atoms with E-state index in [1.165, 1.54) is 6.92 Å². The summed E-state index contributed by atoms with van der Waals surface area (Å²) in [6.07, 6.45) is -0.160. The van der Waals surface area contributed by atoms with Gasteiger partial charge in [-0.1, -0.05) is 7.43 Å². The Hall–Kier alpha value is -0.875. The number of carbonyl (C=O) groups excluding carboxylic acids is 2. The Morgan fingerprint density at radius 2 is 1.50 bits per heavy atom. The van der Waals surface area contributed by atoms with Crippen LogP contribution in [0.2, 0.25) is 0 Å². The number of hydrogen-bond donors (Lipinski definition) is 0. The second-order valence-electron chi connectivity index (χ2n) is 4.09. The van der Waals surface area contributed by atoms with Crippen LogP contribution in [0, 0.1) is 0 Å². The van der Waals surface area contributed by atoms with Crippen molar-refractivity contribution in [3.8, 4) is 0 Å². The predicted molar refractivity (Wildman–Crippen MR) is 73.1 cm³/mol. The maximum Gasteiger partial charge on any atom is 0.320 e. The summed E-state index contributed by atoms with van der Waals surface area (Å²) in [6.45, 7) is 5.96. The van der Waals surface area contributed by atoms with Gasteiger partial charge in [0.1, 0.15) is 0 Å². The molecule has 18 heavy (non-hydrogen) atoms. The summed E-state index contributed by atoms with van der Waals surface area (Å²) in [6, 6.07) is 0. The molecule has 0 spiro atoms. The molecule has 105 valence electrons. The third-order valence-corrected chi connectivity index (χ3v) is 2.40. The van der Waals surface area contributed by atoms with Gasteiger partial charge in [0.15, 0.2) is 5.81 Å². The molecule has 0 aliphatic carbocycles. The van der Waals surface area contributed by atoms with Gasteiger partial charge < -0.3 is 19.2 Å². The van der Waals surface area contributed by atoms with Gasteiger partial charge in [0, 0.05) is 27.3 Å². The van der Waals surface area contributed by atoms with E-state index in [0.717, 1.165) is 7.28 Å². The molecule has 0 aliphatic rings. The molecule has 0 bridgehead atoms. The minimum absolute atomic E-state index is 0. The Morgan fingerprint density at radius 3 is 1.78 bits per heavy atom. The third-order valence-electron chi connectivity index (χ3n) is 2.40. The number of methoxy groups -OCH3 is 2. The lowest BCUT2D eigenvalue weighted by atomic mass is 9.72. The molecule has 0 aliphatic heterocycles. The van der Waals surface area contributed by atoms with E-state index >= 15 is 0 Å². The van der Waals surface area contributed by atoms with Gasteiger partial charge in [0.2, 0.25) is 0 Å². The summed E-state index contributed by atoms with van der Waals surface area (Å²) < 4.78 is 10.2. The van der Waals surface area contributed by atoms with E-state index in [0.29, 0.717) is 13.1 Å². The van der Waals surface area contributed by atoms with Gasteiger partial charge in [-0.3, -0.25) is 4.79 Å². The molecular formula is C12H25BNO4. The zero-order chi connectivity index (χ0) is 13.4. The highest BCUT2D eigenvalue weighted by molar-refractivity contribution is 6.96. The van der Waals surface area contributed by atoms with Crippen LogP contribution in [0.25, 0.3) is 0 Å². The first kappa shape index (κ1) is 19.5. The van der Waals surface area contributed by atoms with E-state index in [9.17, 15) is 9.59 Å². The topological polar surface area (TPSA) is 55.8 Å². The molecule has 0 aromatic heterocycles. The highest BCUT2D eigenvalue weighted by Gasteiger charge is 2.21. The molecule has 0 N–H and O–H groups in total. The molecule has 0 saturated heterocycles. The van der Waals surface area contributed by atoms with E-state index in [1.807, 2.05) is 13.8 Å². The first-order chi connectivity index (χ1) is 7.90. The second kappa shape index (κ2) is 10.1. The molecule has 0 rings (SSSR count). The van der Waals surface area contributed by atoms with Crippen LogP contribution < -0.4 is 0 Å². The van der Waals surface area contributed by atoms with Gasteiger partial charge in [-0.05, 0) is 20.8 Å². The SMILES string of the molecule is C.COC(C)CN(CC(C)OC)C(=O)[B]C(C)=O. The smallest absolute Gasteiger partial charge is 0.320 e. The number of carbonyl (C=O) groups is 2. The van der Waals surface area contributed by atoms with Crippen LogP contribution in [0.1, 0.15) is 28.2 Å². The molecule has 0 aromatic carbocycles. The molecule has 6 heteroatoms. The van der Waals surface area contributed by atoms with Crippen molar-refractivity contribution in [3.05, 3.63) is 0 Å². The summed E-state index contributed by atoms with van der Waals surface area (Å²) in [7, 11) is 4.26. The van der Waals surface area contributed by atoms with Gasteiger partial charge in [-0.2, -0.15) is 0 Å². The molecule has 0 aromatic rings. The predicted octanol–water partition coefficient (Wildman–Crippen LogP) is 1.36. The summed E-state index contributed by atoms with van der Waals surface area (Å²) in [5.41, 5.74) is -0.255. The molecule has 0 heterocycles. The summed E-state index contributed by atoms with van der Waals surface area (Å²) in [5, 5.41) is 0. The van der Waals surface area contributed by atoms with Crippen LogP contribution in [0.4, 0.5) is 4.79 Å². The molecule has 0 saturated carbocycles. The molecule has 5 nitrogen and oxygen atoms in total. The number of hydrogen-bond acceptors (Lipinski definition) is 4. The Bertz CT molecular complexity index is 248. The maximum atomic E-state index is 11.8. The average molecular weight is 258 g/mol. The van der Waals surface area contributed by atoms with Crippen molar-refractivity contribution >= 4 is 18.8 Å². The summed E-state index contributed by atoms with van der Waals surface area (Å²) >= 11 is 0. The first-order valence-corrected chi connectivity index (χ1v) is 5.60. The third kappa shape index (κ3) is 8.25. The number of nitrogens with zero attached hydrogens (tertiary/aromatic N) is 1. The van der Waals surface area contributed by atoms with Crippen LogP contribution in [0.15, 0.2) is 0 Å². The highest BCUT2D eigenvalue weighted by atomic mass is 16.5. The fourth-order valence-electron chi connectivity index (χ4n) is 1.29. The van der Waals surface area contributed by atoms with E-state index in [-0.39, 0.29) is 31.1 Å². The highest BCUT2D eigenvalue weighted by Crippen LogP contribution is 2.01. The minimum atomic E-state index is -0.301. The fourth-order valence-corrected chi connectivity index (χ4v) is 1.29. The maximum absolute atomic E-state index is 11.8. The number of rotatable bonds is 8. The van der Waals surface area contributed by atoms with Crippen molar-refractivity contribution in [1.82, 2.24) is 4.90 Å². The zero-order valence-electron chi connectivity index (χ0n) is 11.2. The monoisotopic (exact) mass is 258 g/mol. The lowest BCUT2D eigenvalue weighted by Gasteiger charge is -2.27. The van der Waals surface area contributed by atoms with Crippen LogP contribution >= 0.6 is 0 Å². The van der Waals surface area contributed by atoms with Gasteiger partial charge in [-0.15, -0.1) is 0 Å². The number of ether oxygens (including phenoxy) is 2. The van der Waals surface area contributed by atoms with Crippen LogP contribution in [0.3, 0.4) is 0 Å². The molecular weight excluding hydrogens is 233 g/mol. The normalized spacial score (nSPS) is 13.2. The van der Waals surface area contributed by atoms with Crippen molar-refractivity contribution in [1.29, 1.82) is 0 Å². The Balaban J connectivity index is 0. The van der Waals surface area contributed by atoms with Crippen LogP contribution in [-0.2, 0) is 14.3 Å². The van der Waals surface area contributed by atoms with E-state index in [2.05, 4.69) is 0 Å². The van der Waals surface area contributed by atoms with E-state index in [1.54, 1.807) is 19.1 Å². The minimum Gasteiger partial charge on any atom is -0.380 e. The number of amides is 1. The van der Waals surface area contributed by atoms with E-state index < -0.39 is 0 Å². The van der Waals surface area contributed by atoms with Crippen molar-refractivity contribution in [2.75, 3.05) is 27.3 Å². The Kier molecular flexibility index (Phi) is 10.9. The Morgan fingerprint density at radius 1 is 1.11 bits per heavy atom. The van der Waals surface area contributed by atoms with Crippen molar-refractivity contribution in [2.45, 2.75) is 40.4 Å².